The van der Waals surface area contributed by atoms with Gasteiger partial charge in [0.05, 0.1) is 5.52 Å². The van der Waals surface area contributed by atoms with Gasteiger partial charge in [0.1, 0.15) is 5.15 Å². The first-order valence-electron chi connectivity index (χ1n) is 6.25. The van der Waals surface area contributed by atoms with E-state index in [4.69, 9.17) is 11.6 Å². The number of benzene rings is 2. The first-order chi connectivity index (χ1) is 9.54. The maximum atomic E-state index is 6.30. The lowest BCUT2D eigenvalue weighted by Gasteiger charge is -2.08. The smallest absolute Gasteiger partial charge is 0.161 e. The van der Waals surface area contributed by atoms with Gasteiger partial charge in [-0.3, -0.25) is 0 Å². The summed E-state index contributed by atoms with van der Waals surface area (Å²) in [7, 11) is 0. The minimum Gasteiger partial charge on any atom is -0.228 e. The molecule has 0 saturated carbocycles. The van der Waals surface area contributed by atoms with Crippen LogP contribution in [0.5, 0.6) is 0 Å². The Morgan fingerprint density at radius 3 is 2.55 bits per heavy atom. The van der Waals surface area contributed by atoms with Crippen molar-refractivity contribution in [3.05, 3.63) is 57.2 Å². The van der Waals surface area contributed by atoms with Crippen molar-refractivity contribution in [2.24, 2.45) is 0 Å². The molecule has 0 atom stereocenters. The third-order valence-electron chi connectivity index (χ3n) is 3.23. The standard InChI is InChI=1S/C16H12BrClN2/c1-9-3-5-12(10(2)7-9)16-19-14-6-4-11(17)8-13(14)15(18)20-16/h3-8H,1-2H3. The molecule has 20 heavy (non-hydrogen) atoms. The fourth-order valence-corrected chi connectivity index (χ4v) is 2.84. The topological polar surface area (TPSA) is 25.8 Å². The van der Waals surface area contributed by atoms with Crippen molar-refractivity contribution in [2.45, 2.75) is 13.8 Å². The number of halogens is 2. The van der Waals surface area contributed by atoms with Crippen LogP contribution in [0.3, 0.4) is 0 Å². The molecule has 0 fully saturated rings. The Morgan fingerprint density at radius 1 is 1.00 bits per heavy atom. The van der Waals surface area contributed by atoms with Crippen LogP contribution in [0.1, 0.15) is 11.1 Å². The van der Waals surface area contributed by atoms with Crippen LogP contribution >= 0.6 is 27.5 Å². The zero-order valence-electron chi connectivity index (χ0n) is 11.1. The monoisotopic (exact) mass is 346 g/mol. The van der Waals surface area contributed by atoms with Crippen LogP contribution in [-0.4, -0.2) is 9.97 Å². The molecule has 0 unspecified atom stereocenters. The first kappa shape index (κ1) is 13.5. The fourth-order valence-electron chi connectivity index (χ4n) is 2.25. The molecule has 3 aromatic rings. The van der Waals surface area contributed by atoms with E-state index >= 15 is 0 Å². The summed E-state index contributed by atoms with van der Waals surface area (Å²) in [5, 5.41) is 1.33. The van der Waals surface area contributed by atoms with Crippen LogP contribution in [0.15, 0.2) is 40.9 Å². The number of rotatable bonds is 1. The Balaban J connectivity index is 2.24. The van der Waals surface area contributed by atoms with Crippen molar-refractivity contribution < 1.29 is 0 Å². The number of hydrogen-bond donors (Lipinski definition) is 0. The van der Waals surface area contributed by atoms with E-state index in [1.54, 1.807) is 0 Å². The van der Waals surface area contributed by atoms with E-state index in [9.17, 15) is 0 Å². The third kappa shape index (κ3) is 2.43. The molecular weight excluding hydrogens is 336 g/mol. The van der Waals surface area contributed by atoms with Gasteiger partial charge in [-0.2, -0.15) is 0 Å². The fraction of sp³-hybridized carbons (Fsp3) is 0.125. The second-order valence-corrected chi connectivity index (χ2v) is 6.09. The second kappa shape index (κ2) is 5.15. The summed E-state index contributed by atoms with van der Waals surface area (Å²) in [5.41, 5.74) is 4.24. The molecule has 0 saturated heterocycles. The molecule has 0 aliphatic carbocycles. The van der Waals surface area contributed by atoms with E-state index in [-0.39, 0.29) is 0 Å². The van der Waals surface area contributed by atoms with Crippen molar-refractivity contribution in [1.29, 1.82) is 0 Å². The molecule has 2 nitrogen and oxygen atoms in total. The number of nitrogens with zero attached hydrogens (tertiary/aromatic N) is 2. The van der Waals surface area contributed by atoms with Crippen LogP contribution < -0.4 is 0 Å². The predicted octanol–water partition coefficient (Wildman–Crippen LogP) is 5.33. The lowest BCUT2D eigenvalue weighted by molar-refractivity contribution is 1.21. The molecule has 100 valence electrons. The summed E-state index contributed by atoms with van der Waals surface area (Å²) in [4.78, 5) is 9.06. The Bertz CT molecular complexity index is 815. The molecule has 0 aliphatic heterocycles. The van der Waals surface area contributed by atoms with Gasteiger partial charge < -0.3 is 0 Å². The molecule has 0 bridgehead atoms. The minimum atomic E-state index is 0.478. The Morgan fingerprint density at radius 2 is 1.80 bits per heavy atom. The molecular formula is C16H12BrClN2. The lowest BCUT2D eigenvalue weighted by Crippen LogP contribution is -1.94. The van der Waals surface area contributed by atoms with Gasteiger partial charge in [0, 0.05) is 15.4 Å². The molecule has 4 heteroatoms. The van der Waals surface area contributed by atoms with E-state index < -0.39 is 0 Å². The van der Waals surface area contributed by atoms with Crippen molar-refractivity contribution in [2.75, 3.05) is 0 Å². The van der Waals surface area contributed by atoms with Crippen LogP contribution in [0.2, 0.25) is 5.15 Å². The maximum Gasteiger partial charge on any atom is 0.161 e. The number of aryl methyl sites for hydroxylation is 2. The molecule has 0 spiro atoms. The van der Waals surface area contributed by atoms with Crippen LogP contribution in [0, 0.1) is 13.8 Å². The van der Waals surface area contributed by atoms with Crippen LogP contribution in [-0.2, 0) is 0 Å². The summed E-state index contributed by atoms with van der Waals surface area (Å²) >= 11 is 9.73. The van der Waals surface area contributed by atoms with Gasteiger partial charge in [0.2, 0.25) is 0 Å². The summed E-state index contributed by atoms with van der Waals surface area (Å²) in [6, 6.07) is 12.1. The molecule has 0 aliphatic rings. The Hall–Kier alpha value is -1.45. The normalized spacial score (nSPS) is 11.0. The summed E-state index contributed by atoms with van der Waals surface area (Å²) < 4.78 is 0.967. The van der Waals surface area contributed by atoms with Gasteiger partial charge >= 0.3 is 0 Å². The van der Waals surface area contributed by atoms with Gasteiger partial charge in [-0.25, -0.2) is 9.97 Å². The summed E-state index contributed by atoms with van der Waals surface area (Å²) in [6.45, 7) is 4.13. The zero-order chi connectivity index (χ0) is 14.3. The van der Waals surface area contributed by atoms with E-state index in [0.717, 1.165) is 26.5 Å². The van der Waals surface area contributed by atoms with Crippen LogP contribution in [0.25, 0.3) is 22.3 Å². The Kier molecular flexibility index (Phi) is 3.48. The third-order valence-corrected chi connectivity index (χ3v) is 4.02. The van der Waals surface area contributed by atoms with Gasteiger partial charge in [-0.05, 0) is 37.6 Å². The number of fused-ring (bicyclic) bond motifs is 1. The van der Waals surface area contributed by atoms with Crippen LogP contribution in [0.4, 0.5) is 0 Å². The van der Waals surface area contributed by atoms with Gasteiger partial charge in [-0.15, -0.1) is 0 Å². The summed E-state index contributed by atoms with van der Waals surface area (Å²) in [5.74, 6) is 0.669. The van der Waals surface area contributed by atoms with Gasteiger partial charge in [0.25, 0.3) is 0 Å². The highest BCUT2D eigenvalue weighted by Crippen LogP contribution is 2.28. The molecule has 2 aromatic carbocycles. The van der Waals surface area contributed by atoms with E-state index in [1.807, 2.05) is 24.3 Å². The lowest BCUT2D eigenvalue weighted by atomic mass is 10.1. The highest BCUT2D eigenvalue weighted by molar-refractivity contribution is 9.10. The largest absolute Gasteiger partial charge is 0.228 e. The van der Waals surface area contributed by atoms with E-state index in [1.165, 1.54) is 5.56 Å². The molecule has 1 heterocycles. The second-order valence-electron chi connectivity index (χ2n) is 4.82. The number of aromatic nitrogens is 2. The van der Waals surface area contributed by atoms with Crippen molar-refractivity contribution >= 4 is 38.4 Å². The predicted molar refractivity (Wildman–Crippen MR) is 87.2 cm³/mol. The highest BCUT2D eigenvalue weighted by Gasteiger charge is 2.10. The zero-order valence-corrected chi connectivity index (χ0v) is 13.5. The molecule has 0 N–H and O–H groups in total. The van der Waals surface area contributed by atoms with Crippen molar-refractivity contribution in [3.8, 4) is 11.4 Å². The Labute approximate surface area is 131 Å². The van der Waals surface area contributed by atoms with Crippen molar-refractivity contribution in [1.82, 2.24) is 9.97 Å². The average Bonchev–Trinajstić information content (AvgIpc) is 2.39. The first-order valence-corrected chi connectivity index (χ1v) is 7.42. The highest BCUT2D eigenvalue weighted by atomic mass is 79.9. The SMILES string of the molecule is Cc1ccc(-c2nc(Cl)c3cc(Br)ccc3n2)c(C)c1. The maximum absolute atomic E-state index is 6.30. The van der Waals surface area contributed by atoms with E-state index in [0.29, 0.717) is 11.0 Å². The molecule has 1 aromatic heterocycles. The quantitative estimate of drug-likeness (QED) is 0.556. The van der Waals surface area contributed by atoms with Gasteiger partial charge in [-0.1, -0.05) is 51.3 Å². The van der Waals surface area contributed by atoms with Crippen molar-refractivity contribution in [3.63, 3.8) is 0 Å². The van der Waals surface area contributed by atoms with E-state index in [2.05, 4.69) is 51.9 Å². The average molecular weight is 348 g/mol. The minimum absolute atomic E-state index is 0.478. The molecule has 3 rings (SSSR count). The summed E-state index contributed by atoms with van der Waals surface area (Å²) in [6.07, 6.45) is 0. The van der Waals surface area contributed by atoms with Gasteiger partial charge in [0.15, 0.2) is 5.82 Å². The molecule has 0 radical (unpaired) electrons. The molecule has 0 amide bonds. The number of hydrogen-bond acceptors (Lipinski definition) is 2.